The number of nitrogens with zero attached hydrogens (tertiary/aromatic N) is 2. The molecule has 4 rings (SSSR count). The maximum Gasteiger partial charge on any atom is 0.266 e. The van der Waals surface area contributed by atoms with Crippen LogP contribution in [0.5, 0.6) is 0 Å². The average molecular weight is 449 g/mol. The average Bonchev–Trinajstić information content (AvgIpc) is 2.71. The van der Waals surface area contributed by atoms with Gasteiger partial charge in [0.05, 0.1) is 26.6 Å². The third-order valence-electron chi connectivity index (χ3n) is 4.26. The van der Waals surface area contributed by atoms with Crippen LogP contribution in [0.15, 0.2) is 70.6 Å². The molecule has 0 aliphatic heterocycles. The molecule has 0 unspecified atom stereocenters. The Hall–Kier alpha value is -2.41. The predicted octanol–water partition coefficient (Wildman–Crippen LogP) is 6.26. The van der Waals surface area contributed by atoms with Crippen LogP contribution in [0.1, 0.15) is 5.56 Å². The zero-order chi connectivity index (χ0) is 20.5. The highest BCUT2D eigenvalue weighted by molar-refractivity contribution is 7.98. The lowest BCUT2D eigenvalue weighted by Gasteiger charge is -2.14. The number of fused-ring (bicyclic) bond motifs is 1. The van der Waals surface area contributed by atoms with Gasteiger partial charge in [-0.05, 0) is 48.0 Å². The maximum absolute atomic E-state index is 13.5. The van der Waals surface area contributed by atoms with Crippen molar-refractivity contribution in [1.82, 2.24) is 9.55 Å². The molecule has 0 fully saturated rings. The summed E-state index contributed by atoms with van der Waals surface area (Å²) in [6, 6.07) is 15.6. The van der Waals surface area contributed by atoms with Crippen LogP contribution in [-0.4, -0.2) is 9.55 Å². The lowest BCUT2D eigenvalue weighted by Crippen LogP contribution is -2.21. The maximum atomic E-state index is 13.5. The van der Waals surface area contributed by atoms with Crippen LogP contribution in [-0.2, 0) is 5.75 Å². The third kappa shape index (κ3) is 4.01. The Bertz CT molecular complexity index is 1290. The summed E-state index contributed by atoms with van der Waals surface area (Å²) in [6.45, 7) is 0. The summed E-state index contributed by atoms with van der Waals surface area (Å²) < 4.78 is 28.1. The Morgan fingerprint density at radius 3 is 2.48 bits per heavy atom. The highest BCUT2D eigenvalue weighted by Crippen LogP contribution is 2.28. The van der Waals surface area contributed by atoms with Crippen molar-refractivity contribution in [3.8, 4) is 5.69 Å². The van der Waals surface area contributed by atoms with E-state index in [9.17, 15) is 13.6 Å². The first kappa shape index (κ1) is 19.9. The van der Waals surface area contributed by atoms with Gasteiger partial charge in [-0.25, -0.2) is 13.8 Å². The summed E-state index contributed by atoms with van der Waals surface area (Å²) in [4.78, 5) is 17.8. The molecule has 0 atom stereocenters. The molecule has 29 heavy (non-hydrogen) atoms. The van der Waals surface area contributed by atoms with Crippen LogP contribution in [0.2, 0.25) is 10.0 Å². The Morgan fingerprint density at radius 2 is 1.72 bits per heavy atom. The van der Waals surface area contributed by atoms with Crippen LogP contribution in [0, 0.1) is 11.6 Å². The summed E-state index contributed by atoms with van der Waals surface area (Å²) >= 11 is 13.4. The summed E-state index contributed by atoms with van der Waals surface area (Å²) in [5.41, 5.74) is 1.36. The number of benzene rings is 3. The minimum atomic E-state index is -0.920. The van der Waals surface area contributed by atoms with Gasteiger partial charge in [-0.15, -0.1) is 0 Å². The number of hydrogen-bond acceptors (Lipinski definition) is 3. The second-order valence-corrected chi connectivity index (χ2v) is 7.94. The molecule has 0 bridgehead atoms. The van der Waals surface area contributed by atoms with Crippen molar-refractivity contribution in [3.63, 3.8) is 0 Å². The molecule has 1 aromatic heterocycles. The van der Waals surface area contributed by atoms with Crippen LogP contribution in [0.4, 0.5) is 8.78 Å². The van der Waals surface area contributed by atoms with Gasteiger partial charge in [0.15, 0.2) is 16.8 Å². The highest BCUT2D eigenvalue weighted by atomic mass is 35.5. The molecule has 0 aliphatic carbocycles. The van der Waals surface area contributed by atoms with E-state index < -0.39 is 11.6 Å². The van der Waals surface area contributed by atoms with Crippen molar-refractivity contribution in [3.05, 3.63) is 98.3 Å². The van der Waals surface area contributed by atoms with E-state index >= 15 is 0 Å². The van der Waals surface area contributed by atoms with Crippen molar-refractivity contribution in [2.24, 2.45) is 0 Å². The molecule has 0 saturated carbocycles. The number of rotatable bonds is 4. The van der Waals surface area contributed by atoms with Crippen molar-refractivity contribution in [2.45, 2.75) is 10.9 Å². The molecule has 0 aliphatic rings. The minimum Gasteiger partial charge on any atom is -0.268 e. The zero-order valence-corrected chi connectivity index (χ0v) is 17.0. The topological polar surface area (TPSA) is 34.9 Å². The van der Waals surface area contributed by atoms with Crippen LogP contribution >= 0.6 is 35.0 Å². The van der Waals surface area contributed by atoms with Crippen molar-refractivity contribution in [1.29, 1.82) is 0 Å². The fourth-order valence-corrected chi connectivity index (χ4v) is 4.09. The van der Waals surface area contributed by atoms with Gasteiger partial charge in [0.2, 0.25) is 0 Å². The number of hydrogen-bond donors (Lipinski definition) is 0. The third-order valence-corrected chi connectivity index (χ3v) is 6.01. The predicted molar refractivity (Wildman–Crippen MR) is 113 cm³/mol. The van der Waals surface area contributed by atoms with E-state index in [1.54, 1.807) is 42.5 Å². The summed E-state index contributed by atoms with van der Waals surface area (Å²) in [5, 5.41) is 1.53. The number of halogens is 4. The highest BCUT2D eigenvalue weighted by Gasteiger charge is 2.15. The molecular formula is C21H12Cl2F2N2OS. The smallest absolute Gasteiger partial charge is 0.266 e. The molecular weight excluding hydrogens is 437 g/mol. The van der Waals surface area contributed by atoms with Gasteiger partial charge in [0.25, 0.3) is 5.56 Å². The van der Waals surface area contributed by atoms with Crippen LogP contribution in [0.25, 0.3) is 16.6 Å². The van der Waals surface area contributed by atoms with Gasteiger partial charge >= 0.3 is 0 Å². The lowest BCUT2D eigenvalue weighted by molar-refractivity contribution is 0.507. The molecule has 0 spiro atoms. The van der Waals surface area contributed by atoms with Crippen molar-refractivity contribution >= 4 is 45.9 Å². The first-order valence-corrected chi connectivity index (χ1v) is 10.2. The normalized spacial score (nSPS) is 11.2. The number of para-hydroxylation sites is 1. The number of thioether (sulfide) groups is 1. The first-order valence-electron chi connectivity index (χ1n) is 8.48. The van der Waals surface area contributed by atoms with Crippen LogP contribution in [0.3, 0.4) is 0 Å². The molecule has 4 aromatic rings. The minimum absolute atomic E-state index is 0.262. The van der Waals surface area contributed by atoms with Gasteiger partial charge in [-0.2, -0.15) is 0 Å². The Labute approximate surface area is 178 Å². The van der Waals surface area contributed by atoms with Crippen molar-refractivity contribution < 1.29 is 8.78 Å². The first-order chi connectivity index (χ1) is 13.9. The SMILES string of the molecule is O=c1c2ccccc2nc(SCc2ccc(F)c(F)c2)n1-c1ccc(Cl)c(Cl)c1. The van der Waals surface area contributed by atoms with Crippen molar-refractivity contribution in [2.75, 3.05) is 0 Å². The second kappa shape index (κ2) is 8.14. The van der Waals surface area contributed by atoms with E-state index in [-0.39, 0.29) is 5.56 Å². The molecule has 0 saturated heterocycles. The second-order valence-electron chi connectivity index (χ2n) is 6.19. The van der Waals surface area contributed by atoms with E-state index in [1.807, 2.05) is 0 Å². The van der Waals surface area contributed by atoms with Gasteiger partial charge in [0, 0.05) is 5.75 Å². The van der Waals surface area contributed by atoms with E-state index in [0.29, 0.717) is 43.1 Å². The molecule has 0 radical (unpaired) electrons. The largest absolute Gasteiger partial charge is 0.268 e. The molecule has 3 nitrogen and oxygen atoms in total. The lowest BCUT2D eigenvalue weighted by atomic mass is 10.2. The Morgan fingerprint density at radius 1 is 0.931 bits per heavy atom. The van der Waals surface area contributed by atoms with Gasteiger partial charge in [0.1, 0.15) is 0 Å². The zero-order valence-electron chi connectivity index (χ0n) is 14.7. The van der Waals surface area contributed by atoms with E-state index in [2.05, 4.69) is 4.98 Å². The Kier molecular flexibility index (Phi) is 5.58. The molecule has 1 heterocycles. The van der Waals surface area contributed by atoms with E-state index in [0.717, 1.165) is 12.1 Å². The summed E-state index contributed by atoms with van der Waals surface area (Å²) in [5.74, 6) is -1.53. The monoisotopic (exact) mass is 448 g/mol. The van der Waals surface area contributed by atoms with Gasteiger partial charge in [-0.1, -0.05) is 53.2 Å². The van der Waals surface area contributed by atoms with Gasteiger partial charge in [-0.3, -0.25) is 9.36 Å². The fraction of sp³-hybridized carbons (Fsp3) is 0.0476. The standard InChI is InChI=1S/C21H12Cl2F2N2OS/c22-15-7-6-13(10-16(15)23)27-20(28)14-3-1-2-4-19(14)26-21(27)29-11-12-5-8-17(24)18(25)9-12/h1-10H,11H2. The molecule has 0 N–H and O–H groups in total. The number of aromatic nitrogens is 2. The quantitative estimate of drug-likeness (QED) is 0.272. The molecule has 8 heteroatoms. The Balaban J connectivity index is 1.83. The molecule has 0 amide bonds. The molecule has 146 valence electrons. The van der Waals surface area contributed by atoms with Gasteiger partial charge < -0.3 is 0 Å². The van der Waals surface area contributed by atoms with Crippen LogP contribution < -0.4 is 5.56 Å². The summed E-state index contributed by atoms with van der Waals surface area (Å²) in [7, 11) is 0. The van der Waals surface area contributed by atoms with E-state index in [4.69, 9.17) is 23.2 Å². The fourth-order valence-electron chi connectivity index (χ4n) is 2.84. The molecule has 3 aromatic carbocycles. The van der Waals surface area contributed by atoms with E-state index in [1.165, 1.54) is 22.4 Å². The summed E-state index contributed by atoms with van der Waals surface area (Å²) in [6.07, 6.45) is 0.